The largest absolute Gasteiger partial charge is 0.486 e. The third-order valence-electron chi connectivity index (χ3n) is 4.71. The number of nitrogens with one attached hydrogen (secondary N) is 2. The molecule has 132 valence electrons. The number of piperidine rings is 1. The van der Waals surface area contributed by atoms with Gasteiger partial charge in [-0.1, -0.05) is 11.6 Å². The van der Waals surface area contributed by atoms with Crippen molar-refractivity contribution in [2.75, 3.05) is 25.4 Å². The van der Waals surface area contributed by atoms with Crippen LogP contribution in [0.25, 0.3) is 0 Å². The van der Waals surface area contributed by atoms with E-state index in [1.165, 1.54) is 0 Å². The van der Waals surface area contributed by atoms with Gasteiger partial charge in [-0.25, -0.2) is 0 Å². The molecule has 0 bridgehead atoms. The highest BCUT2D eigenvalue weighted by atomic mass is 35.5. The van der Waals surface area contributed by atoms with Gasteiger partial charge in [-0.3, -0.25) is 4.79 Å². The number of aliphatic hydroxyl groups excluding tert-OH is 1. The Kier molecular flexibility index (Phi) is 4.64. The third kappa shape index (κ3) is 3.31. The van der Waals surface area contributed by atoms with Crippen LogP contribution in [0.2, 0.25) is 5.02 Å². The van der Waals surface area contributed by atoms with Gasteiger partial charge < -0.3 is 26.2 Å². The van der Waals surface area contributed by atoms with Gasteiger partial charge in [-0.05, 0) is 32.9 Å². The molecule has 6 nitrogen and oxygen atoms in total. The smallest absolute Gasteiger partial charge is 0.255 e. The zero-order chi connectivity index (χ0) is 17.5. The molecule has 1 aromatic rings. The van der Waals surface area contributed by atoms with Crippen molar-refractivity contribution >= 4 is 23.2 Å². The van der Waals surface area contributed by atoms with Crippen molar-refractivity contribution in [3.8, 4) is 5.75 Å². The van der Waals surface area contributed by atoms with Crippen LogP contribution >= 0.6 is 11.6 Å². The van der Waals surface area contributed by atoms with Crippen molar-refractivity contribution < 1.29 is 14.6 Å². The first-order valence-corrected chi connectivity index (χ1v) is 8.63. The lowest BCUT2D eigenvalue weighted by atomic mass is 9.95. The van der Waals surface area contributed by atoms with Crippen LogP contribution in [0.15, 0.2) is 6.07 Å². The molecule has 1 aromatic carbocycles. The fourth-order valence-electron chi connectivity index (χ4n) is 3.35. The summed E-state index contributed by atoms with van der Waals surface area (Å²) >= 11 is 6.20. The van der Waals surface area contributed by atoms with E-state index in [1.807, 2.05) is 13.8 Å². The zero-order valence-corrected chi connectivity index (χ0v) is 14.7. The molecule has 0 radical (unpaired) electrons. The molecule has 2 heterocycles. The van der Waals surface area contributed by atoms with Crippen LogP contribution < -0.4 is 21.1 Å². The Morgan fingerprint density at radius 3 is 3.04 bits per heavy atom. The normalized spacial score (nSPS) is 25.0. The first-order chi connectivity index (χ1) is 11.3. The second-order valence-corrected chi connectivity index (χ2v) is 7.60. The lowest BCUT2D eigenvalue weighted by Gasteiger charge is -2.28. The quantitative estimate of drug-likeness (QED) is 0.615. The Bertz CT molecular complexity index is 663. The van der Waals surface area contributed by atoms with Crippen LogP contribution in [0.4, 0.5) is 5.69 Å². The number of fused-ring (bicyclic) bond motifs is 1. The summed E-state index contributed by atoms with van der Waals surface area (Å²) in [7, 11) is 0. The molecule has 0 unspecified atom stereocenters. The summed E-state index contributed by atoms with van der Waals surface area (Å²) in [6.45, 7) is 5.72. The highest BCUT2D eigenvalue weighted by molar-refractivity contribution is 6.33. The summed E-state index contributed by atoms with van der Waals surface area (Å²) in [6, 6.07) is 1.56. The van der Waals surface area contributed by atoms with E-state index in [-0.39, 0.29) is 11.8 Å². The fourth-order valence-corrected chi connectivity index (χ4v) is 3.57. The minimum atomic E-state index is -0.449. The number of rotatable bonds is 3. The zero-order valence-electron chi connectivity index (χ0n) is 14.0. The molecule has 0 spiro atoms. The number of nitrogens with two attached hydrogens (primary N) is 1. The van der Waals surface area contributed by atoms with Gasteiger partial charge in [0, 0.05) is 31.0 Å². The Hall–Kier alpha value is -1.50. The van der Waals surface area contributed by atoms with Crippen LogP contribution in [-0.4, -0.2) is 42.4 Å². The molecular formula is C17H24ClN3O3. The van der Waals surface area contributed by atoms with E-state index in [9.17, 15) is 9.90 Å². The van der Waals surface area contributed by atoms with Crippen LogP contribution in [0, 0.1) is 5.92 Å². The van der Waals surface area contributed by atoms with E-state index in [1.54, 1.807) is 6.07 Å². The maximum atomic E-state index is 12.6. The van der Waals surface area contributed by atoms with Crippen LogP contribution in [-0.2, 0) is 6.42 Å². The second-order valence-electron chi connectivity index (χ2n) is 7.20. The molecule has 3 rings (SSSR count). The SMILES string of the molecule is CC1(C)Cc2c(N)c(Cl)cc(C(=O)NC[C@@H]3CCNC[C@H]3O)c2O1. The monoisotopic (exact) mass is 353 g/mol. The van der Waals surface area contributed by atoms with Gasteiger partial charge in [-0.15, -0.1) is 0 Å². The average Bonchev–Trinajstić information content (AvgIpc) is 2.85. The van der Waals surface area contributed by atoms with E-state index in [4.69, 9.17) is 22.1 Å². The van der Waals surface area contributed by atoms with Gasteiger partial charge in [0.2, 0.25) is 0 Å². The van der Waals surface area contributed by atoms with Crippen molar-refractivity contribution in [2.24, 2.45) is 5.92 Å². The Morgan fingerprint density at radius 2 is 2.33 bits per heavy atom. The minimum Gasteiger partial charge on any atom is -0.486 e. The number of β-amino-alcohol motifs (C(OH)–C–C–N with tert-alkyl or cyclic N) is 1. The lowest BCUT2D eigenvalue weighted by Crippen LogP contribution is -2.45. The highest BCUT2D eigenvalue weighted by Crippen LogP contribution is 2.43. The average molecular weight is 354 g/mol. The summed E-state index contributed by atoms with van der Waals surface area (Å²) in [5.41, 5.74) is 7.30. The Morgan fingerprint density at radius 1 is 1.58 bits per heavy atom. The first kappa shape index (κ1) is 17.3. The van der Waals surface area contributed by atoms with Crippen molar-refractivity contribution in [3.05, 3.63) is 22.2 Å². The van der Waals surface area contributed by atoms with E-state index >= 15 is 0 Å². The molecule has 0 saturated carbocycles. The molecule has 1 amide bonds. The van der Waals surface area contributed by atoms with E-state index in [0.29, 0.717) is 41.5 Å². The molecule has 2 aliphatic heterocycles. The van der Waals surface area contributed by atoms with Crippen molar-refractivity contribution in [3.63, 3.8) is 0 Å². The summed E-state index contributed by atoms with van der Waals surface area (Å²) in [5, 5.41) is 16.4. The number of anilines is 1. The molecular weight excluding hydrogens is 330 g/mol. The molecule has 24 heavy (non-hydrogen) atoms. The topological polar surface area (TPSA) is 96.6 Å². The van der Waals surface area contributed by atoms with Crippen molar-refractivity contribution in [2.45, 2.75) is 38.4 Å². The van der Waals surface area contributed by atoms with Gasteiger partial charge in [0.1, 0.15) is 11.4 Å². The molecule has 5 N–H and O–H groups in total. The number of amides is 1. The number of carbonyl (C=O) groups excluding carboxylic acids is 1. The number of ether oxygens (including phenoxy) is 1. The van der Waals surface area contributed by atoms with Crippen LogP contribution in [0.3, 0.4) is 0 Å². The first-order valence-electron chi connectivity index (χ1n) is 8.25. The predicted molar refractivity (Wildman–Crippen MR) is 93.6 cm³/mol. The predicted octanol–water partition coefficient (Wildman–Crippen LogP) is 1.34. The minimum absolute atomic E-state index is 0.0462. The lowest BCUT2D eigenvalue weighted by molar-refractivity contribution is 0.0750. The summed E-state index contributed by atoms with van der Waals surface area (Å²) in [6.07, 6.45) is 0.989. The van der Waals surface area contributed by atoms with Gasteiger partial charge >= 0.3 is 0 Å². The van der Waals surface area contributed by atoms with Crippen molar-refractivity contribution in [1.29, 1.82) is 0 Å². The van der Waals surface area contributed by atoms with Crippen LogP contribution in [0.1, 0.15) is 36.2 Å². The number of benzene rings is 1. The van der Waals surface area contributed by atoms with Gasteiger partial charge in [0.05, 0.1) is 22.4 Å². The van der Waals surface area contributed by atoms with Crippen LogP contribution in [0.5, 0.6) is 5.75 Å². The van der Waals surface area contributed by atoms with Crippen molar-refractivity contribution in [1.82, 2.24) is 10.6 Å². The van der Waals surface area contributed by atoms with Gasteiger partial charge in [0.25, 0.3) is 5.91 Å². The third-order valence-corrected chi connectivity index (χ3v) is 5.02. The number of aliphatic hydroxyl groups is 1. The van der Waals surface area contributed by atoms with Gasteiger partial charge in [0.15, 0.2) is 0 Å². The Labute approximate surface area is 146 Å². The molecule has 0 aromatic heterocycles. The Balaban J connectivity index is 1.78. The number of halogens is 1. The molecule has 0 aliphatic carbocycles. The summed E-state index contributed by atoms with van der Waals surface area (Å²) in [5.74, 6) is 0.312. The fraction of sp³-hybridized carbons (Fsp3) is 0.588. The maximum Gasteiger partial charge on any atom is 0.255 e. The second kappa shape index (κ2) is 6.43. The number of carbonyl (C=O) groups is 1. The molecule has 2 atom stereocenters. The van der Waals surface area contributed by atoms with E-state index < -0.39 is 11.7 Å². The number of hydrogen-bond donors (Lipinski definition) is 4. The molecule has 7 heteroatoms. The molecule has 1 fully saturated rings. The maximum absolute atomic E-state index is 12.6. The van der Waals surface area contributed by atoms with E-state index in [0.717, 1.165) is 18.5 Å². The van der Waals surface area contributed by atoms with Gasteiger partial charge in [-0.2, -0.15) is 0 Å². The molecule has 1 saturated heterocycles. The highest BCUT2D eigenvalue weighted by Gasteiger charge is 2.36. The number of hydrogen-bond acceptors (Lipinski definition) is 5. The summed E-state index contributed by atoms with van der Waals surface area (Å²) in [4.78, 5) is 12.6. The summed E-state index contributed by atoms with van der Waals surface area (Å²) < 4.78 is 5.94. The number of nitrogen functional groups attached to an aromatic ring is 1. The van der Waals surface area contributed by atoms with E-state index in [2.05, 4.69) is 10.6 Å². The standard InChI is InChI=1S/C17H24ClN3O3/c1-17(2)6-11-14(19)12(18)5-10(15(11)24-17)16(23)21-7-9-3-4-20-8-13(9)22/h5,9,13,20,22H,3-4,6-8,19H2,1-2H3,(H,21,23)/t9-,13+/m0/s1. The molecule has 2 aliphatic rings.